The summed E-state index contributed by atoms with van der Waals surface area (Å²) in [5.74, 6) is 1.26. The van der Waals surface area contributed by atoms with Gasteiger partial charge < -0.3 is 23.7 Å². The number of benzene rings is 2. The maximum Gasteiger partial charge on any atom is 0.343 e. The average Bonchev–Trinajstić information content (AvgIpc) is 3.13. The molecule has 0 amide bonds. The first kappa shape index (κ1) is 21.9. The summed E-state index contributed by atoms with van der Waals surface area (Å²) >= 11 is 0. The van der Waals surface area contributed by atoms with Gasteiger partial charge in [0.2, 0.25) is 11.5 Å². The number of aryl methyl sites for hydroxylation is 1. The van der Waals surface area contributed by atoms with Gasteiger partial charge in [-0.1, -0.05) is 0 Å². The predicted octanol–water partition coefficient (Wildman–Crippen LogP) is 4.25. The quantitative estimate of drug-likeness (QED) is 0.315. The number of carbonyl (C=O) groups excluding carboxylic acids is 2. The summed E-state index contributed by atoms with van der Waals surface area (Å²) in [6.45, 7) is 1.76. The van der Waals surface area contributed by atoms with Crippen LogP contribution in [0.5, 0.6) is 28.7 Å². The Morgan fingerprint density at radius 3 is 2.24 bits per heavy atom. The number of rotatable bonds is 6. The second-order valence-corrected chi connectivity index (χ2v) is 7.14. The minimum Gasteiger partial charge on any atom is -0.493 e. The van der Waals surface area contributed by atoms with Gasteiger partial charge in [0.1, 0.15) is 11.5 Å². The summed E-state index contributed by atoms with van der Waals surface area (Å²) in [4.78, 5) is 29.3. The summed E-state index contributed by atoms with van der Waals surface area (Å²) in [5, 5.41) is 0. The summed E-state index contributed by atoms with van der Waals surface area (Å²) in [7, 11) is 4.54. The van der Waals surface area contributed by atoms with E-state index in [1.54, 1.807) is 43.3 Å². The molecule has 0 atom stereocenters. The molecule has 33 heavy (non-hydrogen) atoms. The van der Waals surface area contributed by atoms with E-state index >= 15 is 0 Å². The molecule has 1 aliphatic heterocycles. The van der Waals surface area contributed by atoms with E-state index in [9.17, 15) is 9.59 Å². The molecule has 0 N–H and O–H groups in total. The lowest BCUT2D eigenvalue weighted by molar-refractivity contribution is 0.0734. The molecular formula is C25H21NO7. The fourth-order valence-corrected chi connectivity index (χ4v) is 3.53. The first-order valence-electron chi connectivity index (χ1n) is 9.96. The largest absolute Gasteiger partial charge is 0.493 e. The van der Waals surface area contributed by atoms with Crippen LogP contribution in [-0.2, 0) is 0 Å². The molecule has 0 saturated carbocycles. The number of hydrogen-bond donors (Lipinski definition) is 0. The van der Waals surface area contributed by atoms with Crippen LogP contribution in [0, 0.1) is 6.92 Å². The van der Waals surface area contributed by atoms with Gasteiger partial charge in [0.05, 0.1) is 32.5 Å². The van der Waals surface area contributed by atoms with E-state index in [0.29, 0.717) is 45.3 Å². The molecule has 2 aromatic carbocycles. The van der Waals surface area contributed by atoms with Crippen molar-refractivity contribution < 1.29 is 33.3 Å². The number of Topliss-reactive ketones (excluding diaryl/α,β-unsaturated/α-hetero) is 1. The number of ketones is 1. The van der Waals surface area contributed by atoms with Crippen molar-refractivity contribution >= 4 is 17.8 Å². The van der Waals surface area contributed by atoms with E-state index in [2.05, 4.69) is 4.98 Å². The van der Waals surface area contributed by atoms with Crippen LogP contribution in [0.4, 0.5) is 0 Å². The van der Waals surface area contributed by atoms with E-state index in [1.807, 2.05) is 0 Å². The van der Waals surface area contributed by atoms with E-state index in [0.717, 1.165) is 0 Å². The van der Waals surface area contributed by atoms with E-state index < -0.39 is 5.97 Å². The Morgan fingerprint density at radius 2 is 1.64 bits per heavy atom. The topological polar surface area (TPSA) is 93.2 Å². The van der Waals surface area contributed by atoms with Gasteiger partial charge in [-0.25, -0.2) is 4.79 Å². The highest BCUT2D eigenvalue weighted by Gasteiger charge is 2.30. The molecule has 1 aromatic heterocycles. The maximum atomic E-state index is 13.0. The highest BCUT2D eigenvalue weighted by molar-refractivity contribution is 6.15. The van der Waals surface area contributed by atoms with Gasteiger partial charge in [-0.2, -0.15) is 0 Å². The number of hydrogen-bond acceptors (Lipinski definition) is 8. The van der Waals surface area contributed by atoms with Crippen molar-refractivity contribution in [1.29, 1.82) is 0 Å². The Morgan fingerprint density at radius 1 is 0.970 bits per heavy atom. The van der Waals surface area contributed by atoms with Crippen molar-refractivity contribution in [3.05, 3.63) is 76.8 Å². The number of ether oxygens (including phenoxy) is 5. The van der Waals surface area contributed by atoms with Crippen molar-refractivity contribution in [1.82, 2.24) is 4.98 Å². The molecule has 0 aliphatic carbocycles. The number of esters is 1. The standard InChI is InChI=1S/C25H21NO7/c1-14-9-17(32-25(28)16-5-7-26-8-6-16)13-18-22(14)23(27)19(33-18)10-15-11-20(29-2)24(31-4)21(12-15)30-3/h5-13H,1-4H3/b19-10-. The second kappa shape index (κ2) is 9.04. The Bertz CT molecular complexity index is 1240. The first-order valence-corrected chi connectivity index (χ1v) is 9.96. The Kier molecular flexibility index (Phi) is 5.99. The molecule has 0 radical (unpaired) electrons. The van der Waals surface area contributed by atoms with Crippen LogP contribution >= 0.6 is 0 Å². The zero-order valence-corrected chi connectivity index (χ0v) is 18.5. The van der Waals surface area contributed by atoms with E-state index in [1.165, 1.54) is 39.8 Å². The van der Waals surface area contributed by atoms with Crippen LogP contribution in [-0.4, -0.2) is 38.1 Å². The molecule has 0 saturated heterocycles. The van der Waals surface area contributed by atoms with Gasteiger partial charge in [0, 0.05) is 18.5 Å². The highest BCUT2D eigenvalue weighted by Crippen LogP contribution is 2.41. The minimum absolute atomic E-state index is 0.125. The third-order valence-electron chi connectivity index (χ3n) is 5.06. The number of allylic oxidation sites excluding steroid dienone is 1. The van der Waals surface area contributed by atoms with E-state index in [-0.39, 0.29) is 17.3 Å². The van der Waals surface area contributed by atoms with Crippen LogP contribution in [0.15, 0.2) is 54.6 Å². The average molecular weight is 447 g/mol. The second-order valence-electron chi connectivity index (χ2n) is 7.14. The molecule has 0 spiro atoms. The van der Waals surface area contributed by atoms with E-state index in [4.69, 9.17) is 23.7 Å². The van der Waals surface area contributed by atoms with Crippen LogP contribution in [0.2, 0.25) is 0 Å². The van der Waals surface area contributed by atoms with Gasteiger partial charge in [-0.15, -0.1) is 0 Å². The van der Waals surface area contributed by atoms with Gasteiger partial charge in [-0.3, -0.25) is 9.78 Å². The molecule has 8 nitrogen and oxygen atoms in total. The normalized spacial score (nSPS) is 13.3. The molecule has 1 aliphatic rings. The van der Waals surface area contributed by atoms with Gasteiger partial charge in [-0.05, 0) is 54.5 Å². The number of methoxy groups -OCH3 is 3. The highest BCUT2D eigenvalue weighted by atomic mass is 16.5. The summed E-state index contributed by atoms with van der Waals surface area (Å²) < 4.78 is 27.4. The van der Waals surface area contributed by atoms with Crippen LogP contribution in [0.25, 0.3) is 6.08 Å². The van der Waals surface area contributed by atoms with Crippen molar-refractivity contribution in [2.45, 2.75) is 6.92 Å². The molecule has 3 aromatic rings. The fourth-order valence-electron chi connectivity index (χ4n) is 3.53. The van der Waals surface area contributed by atoms with Crippen molar-refractivity contribution in [3.63, 3.8) is 0 Å². The molecule has 4 rings (SSSR count). The van der Waals surface area contributed by atoms with Gasteiger partial charge in [0.15, 0.2) is 17.3 Å². The van der Waals surface area contributed by atoms with Crippen LogP contribution in [0.1, 0.15) is 31.8 Å². The molecule has 8 heteroatoms. The number of fused-ring (bicyclic) bond motifs is 1. The number of aromatic nitrogens is 1. The zero-order valence-electron chi connectivity index (χ0n) is 18.5. The minimum atomic E-state index is -0.533. The van der Waals surface area contributed by atoms with Crippen molar-refractivity contribution in [3.8, 4) is 28.7 Å². The molecule has 0 unspecified atom stereocenters. The SMILES string of the molecule is COc1cc(/C=C2\Oc3cc(OC(=O)c4ccncc4)cc(C)c3C2=O)cc(OC)c1OC. The Balaban J connectivity index is 1.64. The Hall–Kier alpha value is -4.33. The van der Waals surface area contributed by atoms with Crippen molar-refractivity contribution in [2.24, 2.45) is 0 Å². The third kappa shape index (κ3) is 4.23. The molecule has 168 valence electrons. The van der Waals surface area contributed by atoms with Crippen LogP contribution in [0.3, 0.4) is 0 Å². The molecule has 0 bridgehead atoms. The van der Waals surface area contributed by atoms with Crippen molar-refractivity contribution in [2.75, 3.05) is 21.3 Å². The lowest BCUT2D eigenvalue weighted by Crippen LogP contribution is -2.08. The smallest absolute Gasteiger partial charge is 0.343 e. The monoisotopic (exact) mass is 447 g/mol. The molecule has 0 fully saturated rings. The van der Waals surface area contributed by atoms with Gasteiger partial charge in [0.25, 0.3) is 0 Å². The Labute approximate surface area is 190 Å². The summed E-state index contributed by atoms with van der Waals surface area (Å²) in [6.07, 6.45) is 4.61. The predicted molar refractivity (Wildman–Crippen MR) is 119 cm³/mol. The lowest BCUT2D eigenvalue weighted by atomic mass is 10.0. The maximum absolute atomic E-state index is 13.0. The number of carbonyl (C=O) groups is 2. The first-order chi connectivity index (χ1) is 15.9. The lowest BCUT2D eigenvalue weighted by Gasteiger charge is -2.13. The zero-order chi connectivity index (χ0) is 23.5. The number of pyridine rings is 1. The van der Waals surface area contributed by atoms with Gasteiger partial charge >= 0.3 is 5.97 Å². The fraction of sp³-hybridized carbons (Fsp3) is 0.160. The summed E-state index contributed by atoms with van der Waals surface area (Å²) in [6, 6.07) is 9.68. The molecular weight excluding hydrogens is 426 g/mol. The number of nitrogens with zero attached hydrogens (tertiary/aromatic N) is 1. The molecule has 2 heterocycles. The summed E-state index contributed by atoms with van der Waals surface area (Å²) in [5.41, 5.74) is 2.03. The van der Waals surface area contributed by atoms with Crippen LogP contribution < -0.4 is 23.7 Å². The third-order valence-corrected chi connectivity index (χ3v) is 5.06.